The molecule has 4 rings (SSSR count). The summed E-state index contributed by atoms with van der Waals surface area (Å²) in [7, 11) is 0. The largest absolute Gasteiger partial charge is 0.316 e. The Hall–Kier alpha value is -2.27. The van der Waals surface area contributed by atoms with Crippen LogP contribution in [0.4, 0.5) is 4.39 Å². The monoisotopic (exact) mass is 324 g/mol. The number of halogens is 1. The average molecular weight is 324 g/mol. The second-order valence-electron chi connectivity index (χ2n) is 6.62. The molecule has 2 aromatic heterocycles. The van der Waals surface area contributed by atoms with Gasteiger partial charge in [-0.2, -0.15) is 0 Å². The van der Waals surface area contributed by atoms with Crippen LogP contribution in [0.15, 0.2) is 36.5 Å². The molecular formula is C19H21FN4. The Labute approximate surface area is 140 Å². The highest BCUT2D eigenvalue weighted by atomic mass is 19.1. The van der Waals surface area contributed by atoms with E-state index in [-0.39, 0.29) is 5.82 Å². The first-order chi connectivity index (χ1) is 11.7. The molecular weight excluding hydrogens is 303 g/mol. The molecule has 0 amide bonds. The Morgan fingerprint density at radius 1 is 1.29 bits per heavy atom. The highest BCUT2D eigenvalue weighted by Gasteiger charge is 2.19. The van der Waals surface area contributed by atoms with Crippen molar-refractivity contribution in [3.05, 3.63) is 47.9 Å². The minimum absolute atomic E-state index is 0.230. The van der Waals surface area contributed by atoms with E-state index in [1.54, 1.807) is 12.1 Å². The van der Waals surface area contributed by atoms with Crippen molar-refractivity contribution in [3.8, 4) is 11.4 Å². The zero-order chi connectivity index (χ0) is 16.5. The maximum absolute atomic E-state index is 13.3. The summed E-state index contributed by atoms with van der Waals surface area (Å²) in [6.45, 7) is 5.03. The molecule has 0 bridgehead atoms. The van der Waals surface area contributed by atoms with Gasteiger partial charge in [-0.25, -0.2) is 14.4 Å². The van der Waals surface area contributed by atoms with Crippen LogP contribution in [0, 0.1) is 18.7 Å². The number of pyridine rings is 1. The standard InChI is InChI=1S/C19H21FN4/c1-13-9-17-19(22-10-13)24(12-14-3-2-8-21-11-14)18(23-17)15-4-6-16(20)7-5-15/h4-7,9-10,14,21H,2-3,8,11-12H2,1H3. The Morgan fingerprint density at radius 3 is 2.88 bits per heavy atom. The molecule has 5 heteroatoms. The normalized spacial score (nSPS) is 18.2. The van der Waals surface area contributed by atoms with Gasteiger partial charge in [0.15, 0.2) is 5.65 Å². The van der Waals surface area contributed by atoms with Crippen molar-refractivity contribution in [1.29, 1.82) is 0 Å². The summed E-state index contributed by atoms with van der Waals surface area (Å²) in [5.41, 5.74) is 3.83. The lowest BCUT2D eigenvalue weighted by Gasteiger charge is -2.24. The molecule has 3 heterocycles. The summed E-state index contributed by atoms with van der Waals surface area (Å²) in [4.78, 5) is 9.41. The van der Waals surface area contributed by atoms with Crippen LogP contribution in [-0.2, 0) is 6.54 Å². The summed E-state index contributed by atoms with van der Waals surface area (Å²) >= 11 is 0. The lowest BCUT2D eigenvalue weighted by atomic mass is 9.99. The number of nitrogens with one attached hydrogen (secondary N) is 1. The molecule has 1 saturated heterocycles. The quantitative estimate of drug-likeness (QED) is 0.801. The number of benzene rings is 1. The number of aryl methyl sites for hydroxylation is 1. The first-order valence-electron chi connectivity index (χ1n) is 8.50. The molecule has 3 aromatic rings. The van der Waals surface area contributed by atoms with Crippen LogP contribution in [0.3, 0.4) is 0 Å². The fourth-order valence-corrected chi connectivity index (χ4v) is 3.44. The molecule has 0 aliphatic carbocycles. The van der Waals surface area contributed by atoms with Gasteiger partial charge in [0.05, 0.1) is 0 Å². The number of nitrogens with zero attached hydrogens (tertiary/aromatic N) is 3. The third kappa shape index (κ3) is 2.91. The lowest BCUT2D eigenvalue weighted by molar-refractivity contribution is 0.341. The van der Waals surface area contributed by atoms with Crippen molar-refractivity contribution in [2.45, 2.75) is 26.3 Å². The minimum Gasteiger partial charge on any atom is -0.316 e. The number of aromatic nitrogens is 3. The average Bonchev–Trinajstić information content (AvgIpc) is 2.94. The molecule has 0 radical (unpaired) electrons. The number of rotatable bonds is 3. The smallest absolute Gasteiger partial charge is 0.160 e. The van der Waals surface area contributed by atoms with E-state index in [0.29, 0.717) is 5.92 Å². The summed E-state index contributed by atoms with van der Waals surface area (Å²) in [5.74, 6) is 1.21. The van der Waals surface area contributed by atoms with Crippen LogP contribution in [0.1, 0.15) is 18.4 Å². The zero-order valence-electron chi connectivity index (χ0n) is 13.8. The summed E-state index contributed by atoms with van der Waals surface area (Å²) < 4.78 is 15.5. The number of piperidine rings is 1. The fourth-order valence-electron chi connectivity index (χ4n) is 3.44. The Kier molecular flexibility index (Phi) is 4.02. The first kappa shape index (κ1) is 15.3. The molecule has 0 spiro atoms. The van der Waals surface area contributed by atoms with Gasteiger partial charge in [-0.15, -0.1) is 0 Å². The van der Waals surface area contributed by atoms with Crippen molar-refractivity contribution in [2.24, 2.45) is 5.92 Å². The molecule has 1 atom stereocenters. The summed E-state index contributed by atoms with van der Waals surface area (Å²) in [6.07, 6.45) is 4.30. The number of fused-ring (bicyclic) bond motifs is 1. The number of imidazole rings is 1. The van der Waals surface area contributed by atoms with Crippen LogP contribution in [0.2, 0.25) is 0 Å². The Morgan fingerprint density at radius 2 is 2.12 bits per heavy atom. The molecule has 1 N–H and O–H groups in total. The van der Waals surface area contributed by atoms with Crippen molar-refractivity contribution in [1.82, 2.24) is 19.9 Å². The van der Waals surface area contributed by atoms with E-state index in [1.807, 2.05) is 13.1 Å². The van der Waals surface area contributed by atoms with Gasteiger partial charge in [-0.1, -0.05) is 0 Å². The highest BCUT2D eigenvalue weighted by molar-refractivity contribution is 5.77. The van der Waals surface area contributed by atoms with Gasteiger partial charge in [0.25, 0.3) is 0 Å². The number of hydrogen-bond acceptors (Lipinski definition) is 3. The van der Waals surface area contributed by atoms with Gasteiger partial charge >= 0.3 is 0 Å². The highest BCUT2D eigenvalue weighted by Crippen LogP contribution is 2.26. The summed E-state index contributed by atoms with van der Waals surface area (Å²) in [6, 6.07) is 8.61. The van der Waals surface area contributed by atoms with Crippen LogP contribution < -0.4 is 5.32 Å². The van der Waals surface area contributed by atoms with E-state index in [4.69, 9.17) is 4.98 Å². The molecule has 4 nitrogen and oxygen atoms in total. The molecule has 0 saturated carbocycles. The van der Waals surface area contributed by atoms with E-state index in [0.717, 1.165) is 47.7 Å². The van der Waals surface area contributed by atoms with Gasteiger partial charge in [0.2, 0.25) is 0 Å². The first-order valence-corrected chi connectivity index (χ1v) is 8.50. The Bertz CT molecular complexity index is 848. The van der Waals surface area contributed by atoms with Crippen LogP contribution >= 0.6 is 0 Å². The van der Waals surface area contributed by atoms with E-state index < -0.39 is 0 Å². The van der Waals surface area contributed by atoms with Gasteiger partial charge in [-0.05, 0) is 74.7 Å². The SMILES string of the molecule is Cc1cnc2c(c1)nc(-c1ccc(F)cc1)n2CC1CCCNC1. The fraction of sp³-hybridized carbons (Fsp3) is 0.368. The maximum Gasteiger partial charge on any atom is 0.160 e. The zero-order valence-corrected chi connectivity index (χ0v) is 13.8. The van der Waals surface area contributed by atoms with Crippen LogP contribution in [-0.4, -0.2) is 27.6 Å². The van der Waals surface area contributed by atoms with E-state index in [9.17, 15) is 4.39 Å². The molecule has 1 fully saturated rings. The molecule has 1 aromatic carbocycles. The molecule has 124 valence electrons. The third-order valence-electron chi connectivity index (χ3n) is 4.66. The molecule has 1 aliphatic heterocycles. The Balaban J connectivity index is 1.81. The molecule has 1 aliphatic rings. The number of hydrogen-bond donors (Lipinski definition) is 1. The third-order valence-corrected chi connectivity index (χ3v) is 4.66. The van der Waals surface area contributed by atoms with E-state index >= 15 is 0 Å². The van der Waals surface area contributed by atoms with E-state index in [1.165, 1.54) is 25.0 Å². The van der Waals surface area contributed by atoms with Crippen molar-refractivity contribution >= 4 is 11.2 Å². The minimum atomic E-state index is -0.230. The molecule has 1 unspecified atom stereocenters. The van der Waals surface area contributed by atoms with Gasteiger partial charge in [0, 0.05) is 18.3 Å². The lowest BCUT2D eigenvalue weighted by Crippen LogP contribution is -2.32. The molecule has 24 heavy (non-hydrogen) atoms. The van der Waals surface area contributed by atoms with Gasteiger partial charge in [0.1, 0.15) is 17.2 Å². The summed E-state index contributed by atoms with van der Waals surface area (Å²) in [5, 5.41) is 3.47. The van der Waals surface area contributed by atoms with Gasteiger partial charge in [-0.3, -0.25) is 0 Å². The van der Waals surface area contributed by atoms with E-state index in [2.05, 4.69) is 20.9 Å². The second-order valence-corrected chi connectivity index (χ2v) is 6.62. The second kappa shape index (κ2) is 6.32. The van der Waals surface area contributed by atoms with Crippen molar-refractivity contribution < 1.29 is 4.39 Å². The van der Waals surface area contributed by atoms with Crippen LogP contribution in [0.25, 0.3) is 22.6 Å². The van der Waals surface area contributed by atoms with Crippen molar-refractivity contribution in [3.63, 3.8) is 0 Å². The van der Waals surface area contributed by atoms with Gasteiger partial charge < -0.3 is 9.88 Å². The van der Waals surface area contributed by atoms with Crippen LogP contribution in [0.5, 0.6) is 0 Å². The predicted molar refractivity (Wildman–Crippen MR) is 93.3 cm³/mol. The van der Waals surface area contributed by atoms with Crippen molar-refractivity contribution in [2.75, 3.05) is 13.1 Å². The predicted octanol–water partition coefficient (Wildman–Crippen LogP) is 3.55. The topological polar surface area (TPSA) is 42.7 Å². The maximum atomic E-state index is 13.3.